The van der Waals surface area contributed by atoms with Crippen molar-refractivity contribution in [3.05, 3.63) is 33.8 Å². The number of hydrogen-bond donors (Lipinski definition) is 0. The minimum absolute atomic E-state index is 0.00437. The number of nitrogens with zero attached hydrogens (tertiary/aromatic N) is 1. The quantitative estimate of drug-likeness (QED) is 0.780. The summed E-state index contributed by atoms with van der Waals surface area (Å²) < 4.78 is 5.53. The van der Waals surface area contributed by atoms with Crippen molar-refractivity contribution in [1.29, 1.82) is 0 Å². The first-order valence-corrected chi connectivity index (χ1v) is 7.25. The number of amides is 1. The van der Waals surface area contributed by atoms with Gasteiger partial charge >= 0.3 is 0 Å². The van der Waals surface area contributed by atoms with Crippen molar-refractivity contribution in [2.24, 2.45) is 0 Å². The topological polar surface area (TPSA) is 29.5 Å². The number of benzene rings is 1. The first kappa shape index (κ1) is 14.9. The average Bonchev–Trinajstić information content (AvgIpc) is 2.37. The summed E-state index contributed by atoms with van der Waals surface area (Å²) in [7, 11) is 0. The fraction of sp³-hybridized carbons (Fsp3) is 0.462. The molecule has 1 aliphatic rings. The lowest BCUT2D eigenvalue weighted by molar-refractivity contribution is -0.0371. The van der Waals surface area contributed by atoms with Crippen LogP contribution in [0.2, 0.25) is 10.0 Å². The van der Waals surface area contributed by atoms with Gasteiger partial charge in [0.15, 0.2) is 0 Å². The van der Waals surface area contributed by atoms with E-state index in [1.807, 2.05) is 6.92 Å². The van der Waals surface area contributed by atoms with Crippen molar-refractivity contribution in [2.45, 2.75) is 19.1 Å². The van der Waals surface area contributed by atoms with Gasteiger partial charge in [0.25, 0.3) is 5.91 Å². The number of hydrogen-bond acceptors (Lipinski definition) is 2. The molecule has 1 saturated heterocycles. The van der Waals surface area contributed by atoms with Gasteiger partial charge in [0.1, 0.15) is 0 Å². The molecule has 3 nitrogen and oxygen atoms in total. The summed E-state index contributed by atoms with van der Waals surface area (Å²) in [4.78, 5) is 14.2. The molecular formula is C13H14Cl3NO2. The van der Waals surface area contributed by atoms with E-state index in [-0.39, 0.29) is 18.1 Å². The second-order valence-corrected chi connectivity index (χ2v) is 5.76. The Hall–Kier alpha value is -0.480. The average molecular weight is 323 g/mol. The Morgan fingerprint density at radius 2 is 2.00 bits per heavy atom. The van der Waals surface area contributed by atoms with Crippen molar-refractivity contribution < 1.29 is 9.53 Å². The molecule has 6 heteroatoms. The maximum atomic E-state index is 12.5. The van der Waals surface area contributed by atoms with Crippen molar-refractivity contribution in [1.82, 2.24) is 4.90 Å². The van der Waals surface area contributed by atoms with Gasteiger partial charge in [-0.3, -0.25) is 4.79 Å². The number of alkyl halides is 1. The summed E-state index contributed by atoms with van der Waals surface area (Å²) in [6.45, 7) is 2.90. The normalized spacial score (nSPS) is 23.5. The standard InChI is InChI=1S/C13H14Cl3NO2/c1-8-7-19-12(5-14)6-17(8)13(18)9-2-10(15)4-11(16)3-9/h2-4,8,12H,5-7H2,1H3. The van der Waals surface area contributed by atoms with Crippen LogP contribution in [0, 0.1) is 0 Å². The molecule has 0 N–H and O–H groups in total. The third kappa shape index (κ3) is 3.54. The fourth-order valence-electron chi connectivity index (χ4n) is 2.04. The minimum Gasteiger partial charge on any atom is -0.373 e. The molecule has 1 heterocycles. The maximum Gasteiger partial charge on any atom is 0.254 e. The first-order valence-electron chi connectivity index (χ1n) is 5.96. The van der Waals surface area contributed by atoms with E-state index in [4.69, 9.17) is 39.5 Å². The highest BCUT2D eigenvalue weighted by Gasteiger charge is 2.30. The molecule has 104 valence electrons. The van der Waals surface area contributed by atoms with Crippen LogP contribution in [-0.4, -0.2) is 42.0 Å². The van der Waals surface area contributed by atoms with Crippen LogP contribution in [0.5, 0.6) is 0 Å². The van der Waals surface area contributed by atoms with Crippen LogP contribution in [0.1, 0.15) is 17.3 Å². The zero-order valence-electron chi connectivity index (χ0n) is 10.4. The van der Waals surface area contributed by atoms with E-state index in [1.165, 1.54) is 0 Å². The van der Waals surface area contributed by atoms with Gasteiger partial charge in [-0.05, 0) is 25.1 Å². The molecule has 1 fully saturated rings. The second kappa shape index (κ2) is 6.31. The zero-order valence-corrected chi connectivity index (χ0v) is 12.7. The molecule has 0 aliphatic carbocycles. The molecule has 2 atom stereocenters. The Morgan fingerprint density at radius 3 is 2.58 bits per heavy atom. The third-order valence-corrected chi connectivity index (χ3v) is 3.83. The smallest absolute Gasteiger partial charge is 0.254 e. The lowest BCUT2D eigenvalue weighted by Gasteiger charge is -2.37. The van der Waals surface area contributed by atoms with Crippen LogP contribution in [0.4, 0.5) is 0 Å². The number of morpholine rings is 1. The van der Waals surface area contributed by atoms with E-state index in [0.29, 0.717) is 34.6 Å². The van der Waals surface area contributed by atoms with Gasteiger partial charge in [-0.25, -0.2) is 0 Å². The Kier molecular flexibility index (Phi) is 4.96. The highest BCUT2D eigenvalue weighted by molar-refractivity contribution is 6.35. The van der Waals surface area contributed by atoms with E-state index in [2.05, 4.69) is 0 Å². The van der Waals surface area contributed by atoms with Crippen LogP contribution >= 0.6 is 34.8 Å². The van der Waals surface area contributed by atoms with Crippen LogP contribution in [0.3, 0.4) is 0 Å². The Morgan fingerprint density at radius 1 is 1.37 bits per heavy atom. The fourth-order valence-corrected chi connectivity index (χ4v) is 2.75. The highest BCUT2D eigenvalue weighted by atomic mass is 35.5. The SMILES string of the molecule is CC1COC(CCl)CN1C(=O)c1cc(Cl)cc(Cl)c1. The Bertz CT molecular complexity index is 461. The van der Waals surface area contributed by atoms with Crippen molar-refractivity contribution >= 4 is 40.7 Å². The van der Waals surface area contributed by atoms with Gasteiger partial charge in [-0.1, -0.05) is 23.2 Å². The number of ether oxygens (including phenoxy) is 1. The molecule has 1 aromatic carbocycles. The zero-order chi connectivity index (χ0) is 14.0. The van der Waals surface area contributed by atoms with Crippen LogP contribution in [-0.2, 0) is 4.74 Å². The maximum absolute atomic E-state index is 12.5. The predicted molar refractivity (Wildman–Crippen MR) is 77.4 cm³/mol. The molecular weight excluding hydrogens is 309 g/mol. The van der Waals surface area contributed by atoms with E-state index in [9.17, 15) is 4.79 Å². The van der Waals surface area contributed by atoms with Crippen LogP contribution in [0.25, 0.3) is 0 Å². The summed E-state index contributed by atoms with van der Waals surface area (Å²) in [5.41, 5.74) is 0.486. The molecule has 0 radical (unpaired) electrons. The monoisotopic (exact) mass is 321 g/mol. The molecule has 0 aromatic heterocycles. The highest BCUT2D eigenvalue weighted by Crippen LogP contribution is 2.22. The molecule has 1 amide bonds. The number of carbonyl (C=O) groups excluding carboxylic acids is 1. The van der Waals surface area contributed by atoms with Gasteiger partial charge in [0, 0.05) is 22.2 Å². The second-order valence-electron chi connectivity index (χ2n) is 4.57. The summed E-state index contributed by atoms with van der Waals surface area (Å²) in [5.74, 6) is 0.266. The van der Waals surface area contributed by atoms with Gasteiger partial charge in [-0.2, -0.15) is 0 Å². The van der Waals surface area contributed by atoms with E-state index in [0.717, 1.165) is 0 Å². The Balaban J connectivity index is 2.21. The molecule has 2 rings (SSSR count). The van der Waals surface area contributed by atoms with Crippen LogP contribution < -0.4 is 0 Å². The van der Waals surface area contributed by atoms with Gasteiger partial charge in [-0.15, -0.1) is 11.6 Å². The molecule has 0 bridgehead atoms. The van der Waals surface area contributed by atoms with E-state index < -0.39 is 0 Å². The Labute approximate surface area is 127 Å². The summed E-state index contributed by atoms with van der Waals surface area (Å²) in [5, 5.41) is 0.899. The summed E-state index contributed by atoms with van der Waals surface area (Å²) in [6, 6.07) is 4.84. The molecule has 1 aliphatic heterocycles. The minimum atomic E-state index is -0.128. The summed E-state index contributed by atoms with van der Waals surface area (Å²) in [6.07, 6.45) is -0.128. The van der Waals surface area contributed by atoms with E-state index >= 15 is 0 Å². The lowest BCUT2D eigenvalue weighted by atomic mass is 10.1. The first-order chi connectivity index (χ1) is 9.01. The van der Waals surface area contributed by atoms with Gasteiger partial charge < -0.3 is 9.64 Å². The van der Waals surface area contributed by atoms with Crippen molar-refractivity contribution in [3.63, 3.8) is 0 Å². The van der Waals surface area contributed by atoms with Gasteiger partial charge in [0.2, 0.25) is 0 Å². The number of halogens is 3. The van der Waals surface area contributed by atoms with Crippen molar-refractivity contribution in [3.8, 4) is 0 Å². The van der Waals surface area contributed by atoms with Crippen LogP contribution in [0.15, 0.2) is 18.2 Å². The molecule has 2 unspecified atom stereocenters. The summed E-state index contributed by atoms with van der Waals surface area (Å²) >= 11 is 17.6. The number of rotatable bonds is 2. The largest absolute Gasteiger partial charge is 0.373 e. The molecule has 0 saturated carbocycles. The molecule has 1 aromatic rings. The predicted octanol–water partition coefficient (Wildman–Crippen LogP) is 3.46. The van der Waals surface area contributed by atoms with Gasteiger partial charge in [0.05, 0.1) is 24.6 Å². The third-order valence-electron chi connectivity index (χ3n) is 3.05. The molecule has 19 heavy (non-hydrogen) atoms. The van der Waals surface area contributed by atoms with Crippen molar-refractivity contribution in [2.75, 3.05) is 19.0 Å². The number of carbonyl (C=O) groups is 1. The van der Waals surface area contributed by atoms with E-state index in [1.54, 1.807) is 23.1 Å². The lowest BCUT2D eigenvalue weighted by Crippen LogP contribution is -2.51. The molecule has 0 spiro atoms.